The third kappa shape index (κ3) is 2.26. The highest BCUT2D eigenvalue weighted by Crippen LogP contribution is 2.36. The van der Waals surface area contributed by atoms with Gasteiger partial charge in [0.15, 0.2) is 5.84 Å². The van der Waals surface area contributed by atoms with Crippen molar-refractivity contribution in [3.63, 3.8) is 0 Å². The molecule has 0 saturated heterocycles. The summed E-state index contributed by atoms with van der Waals surface area (Å²) in [5, 5.41) is 8.64. The third-order valence-electron chi connectivity index (χ3n) is 4.82. The molecule has 3 atom stereocenters. The van der Waals surface area contributed by atoms with E-state index >= 15 is 0 Å². The first-order valence-electron chi connectivity index (χ1n) is 8.49. The number of nitrogens with zero attached hydrogens (tertiary/aromatic N) is 3. The van der Waals surface area contributed by atoms with Crippen molar-refractivity contribution >= 4 is 11.5 Å². The number of fused-ring (bicyclic) bond motifs is 3. The minimum Gasteiger partial charge on any atom is -0.497 e. The quantitative estimate of drug-likeness (QED) is 0.801. The summed E-state index contributed by atoms with van der Waals surface area (Å²) < 4.78 is 5.23. The molecule has 0 aliphatic carbocycles. The normalized spacial score (nSPS) is 25.6. The van der Waals surface area contributed by atoms with E-state index in [1.54, 1.807) is 7.11 Å². The van der Waals surface area contributed by atoms with Crippen LogP contribution in [0.1, 0.15) is 11.1 Å². The van der Waals surface area contributed by atoms with E-state index in [-0.39, 0.29) is 18.4 Å². The number of hydrogen-bond donors (Lipinski definition) is 0. The molecule has 26 heavy (non-hydrogen) atoms. The van der Waals surface area contributed by atoms with Gasteiger partial charge in [0.1, 0.15) is 5.75 Å². The summed E-state index contributed by atoms with van der Waals surface area (Å²) in [6.07, 6.45) is 3.55. The lowest BCUT2D eigenvalue weighted by Crippen LogP contribution is -2.49. The maximum atomic E-state index is 5.81. The molecule has 0 bridgehead atoms. The van der Waals surface area contributed by atoms with Crippen LogP contribution in [0.3, 0.4) is 0 Å². The topological polar surface area (TPSA) is 55.6 Å². The smallest absolute Gasteiger partial charge is 0.223 e. The van der Waals surface area contributed by atoms with Crippen molar-refractivity contribution in [3.8, 4) is 5.75 Å². The van der Waals surface area contributed by atoms with Gasteiger partial charge in [0.2, 0.25) is 12.5 Å². The molecule has 3 aliphatic heterocycles. The van der Waals surface area contributed by atoms with Gasteiger partial charge >= 0.3 is 0 Å². The lowest BCUT2D eigenvalue weighted by Gasteiger charge is -2.33. The standard InChI is InChI=1S/C20H17N3O3/c1-24-15-9-7-14(8-10-15)19-22-25-17-12-11-16-18(13-5-3-2-4-6-13)21-26-20(16)23(17)19/h2-12,16-17,20H,1H3. The van der Waals surface area contributed by atoms with Crippen molar-refractivity contribution in [3.05, 3.63) is 77.9 Å². The van der Waals surface area contributed by atoms with Gasteiger partial charge in [-0.25, -0.2) is 0 Å². The molecule has 0 saturated carbocycles. The first-order valence-corrected chi connectivity index (χ1v) is 8.49. The molecule has 0 amide bonds. The van der Waals surface area contributed by atoms with Crippen molar-refractivity contribution in [1.29, 1.82) is 0 Å². The molecule has 5 rings (SSSR count). The number of hydrogen-bond acceptors (Lipinski definition) is 6. The summed E-state index contributed by atoms with van der Waals surface area (Å²) in [6.45, 7) is 0. The number of ether oxygens (including phenoxy) is 1. The van der Waals surface area contributed by atoms with Gasteiger partial charge in [-0.1, -0.05) is 46.7 Å². The molecule has 2 aromatic carbocycles. The summed E-state index contributed by atoms with van der Waals surface area (Å²) >= 11 is 0. The molecule has 6 nitrogen and oxygen atoms in total. The minimum atomic E-state index is -0.279. The molecular formula is C20H17N3O3. The van der Waals surface area contributed by atoms with E-state index in [9.17, 15) is 0 Å². The lowest BCUT2D eigenvalue weighted by atomic mass is 9.92. The zero-order valence-corrected chi connectivity index (χ0v) is 14.1. The van der Waals surface area contributed by atoms with Gasteiger partial charge in [-0.2, -0.15) is 0 Å². The van der Waals surface area contributed by atoms with E-state index < -0.39 is 0 Å². The van der Waals surface area contributed by atoms with Crippen LogP contribution in [0.2, 0.25) is 0 Å². The second-order valence-electron chi connectivity index (χ2n) is 6.30. The molecule has 6 heteroatoms. The molecule has 0 fully saturated rings. The van der Waals surface area contributed by atoms with Crippen LogP contribution in [-0.4, -0.2) is 36.0 Å². The van der Waals surface area contributed by atoms with Crippen LogP contribution in [0.5, 0.6) is 5.75 Å². The SMILES string of the molecule is COc1ccc(C2=NOC3C=CC4C(c5ccccc5)=NOC4N23)cc1. The van der Waals surface area contributed by atoms with Crippen LogP contribution in [0.15, 0.2) is 77.1 Å². The van der Waals surface area contributed by atoms with Gasteiger partial charge in [-0.15, -0.1) is 0 Å². The largest absolute Gasteiger partial charge is 0.497 e. The van der Waals surface area contributed by atoms with Crippen LogP contribution in [0, 0.1) is 5.92 Å². The highest BCUT2D eigenvalue weighted by atomic mass is 16.7. The Balaban J connectivity index is 1.46. The summed E-state index contributed by atoms with van der Waals surface area (Å²) in [5.74, 6) is 1.56. The average molecular weight is 347 g/mol. The Morgan fingerprint density at radius 1 is 0.885 bits per heavy atom. The molecule has 0 radical (unpaired) electrons. The molecule has 3 unspecified atom stereocenters. The van der Waals surface area contributed by atoms with Crippen LogP contribution < -0.4 is 4.74 Å². The van der Waals surface area contributed by atoms with Crippen LogP contribution >= 0.6 is 0 Å². The van der Waals surface area contributed by atoms with Crippen LogP contribution in [0.4, 0.5) is 0 Å². The molecule has 3 heterocycles. The van der Waals surface area contributed by atoms with E-state index in [1.165, 1.54) is 0 Å². The van der Waals surface area contributed by atoms with Gasteiger partial charge in [0, 0.05) is 11.1 Å². The summed E-state index contributed by atoms with van der Waals surface area (Å²) in [4.78, 5) is 13.4. The Kier molecular flexibility index (Phi) is 3.41. The third-order valence-corrected chi connectivity index (χ3v) is 4.82. The van der Waals surface area contributed by atoms with Gasteiger partial charge in [-0.05, 0) is 30.3 Å². The number of amidine groups is 1. The van der Waals surface area contributed by atoms with Crippen molar-refractivity contribution < 1.29 is 14.4 Å². The molecular weight excluding hydrogens is 330 g/mol. The fourth-order valence-corrected chi connectivity index (χ4v) is 3.51. The molecule has 0 N–H and O–H groups in total. The Bertz CT molecular complexity index is 906. The van der Waals surface area contributed by atoms with Gasteiger partial charge < -0.3 is 14.4 Å². The van der Waals surface area contributed by atoms with Crippen molar-refractivity contribution in [2.24, 2.45) is 16.2 Å². The highest BCUT2D eigenvalue weighted by Gasteiger charge is 2.47. The van der Waals surface area contributed by atoms with Crippen molar-refractivity contribution in [1.82, 2.24) is 4.90 Å². The second kappa shape index (κ2) is 5.91. The molecule has 2 aromatic rings. The average Bonchev–Trinajstić information content (AvgIpc) is 3.32. The fourth-order valence-electron chi connectivity index (χ4n) is 3.51. The van der Waals surface area contributed by atoms with Crippen molar-refractivity contribution in [2.45, 2.75) is 12.5 Å². The van der Waals surface area contributed by atoms with Crippen molar-refractivity contribution in [2.75, 3.05) is 7.11 Å². The number of benzene rings is 2. The Hall–Kier alpha value is -3.28. The van der Waals surface area contributed by atoms with E-state index in [4.69, 9.17) is 14.4 Å². The zero-order valence-electron chi connectivity index (χ0n) is 14.1. The molecule has 3 aliphatic rings. The van der Waals surface area contributed by atoms with Crippen LogP contribution in [-0.2, 0) is 9.68 Å². The maximum Gasteiger partial charge on any atom is 0.223 e. The maximum absolute atomic E-state index is 5.81. The minimum absolute atomic E-state index is 0.0267. The fraction of sp³-hybridized carbons (Fsp3) is 0.200. The first-order chi connectivity index (χ1) is 12.8. The predicted octanol–water partition coefficient (Wildman–Crippen LogP) is 2.96. The Labute approximate surface area is 151 Å². The Morgan fingerprint density at radius 3 is 2.46 bits per heavy atom. The second-order valence-corrected chi connectivity index (χ2v) is 6.30. The molecule has 0 aromatic heterocycles. The monoisotopic (exact) mass is 347 g/mol. The number of methoxy groups -OCH3 is 1. The van der Waals surface area contributed by atoms with E-state index in [1.807, 2.05) is 65.6 Å². The van der Waals surface area contributed by atoms with Gasteiger partial charge in [-0.3, -0.25) is 4.90 Å². The number of oxime groups is 2. The predicted molar refractivity (Wildman–Crippen MR) is 96.7 cm³/mol. The molecule has 130 valence electrons. The highest BCUT2D eigenvalue weighted by molar-refractivity contribution is 6.05. The van der Waals surface area contributed by atoms with Crippen LogP contribution in [0.25, 0.3) is 0 Å². The zero-order chi connectivity index (χ0) is 17.5. The lowest BCUT2D eigenvalue weighted by molar-refractivity contribution is -0.0795. The molecule has 0 spiro atoms. The van der Waals surface area contributed by atoms with E-state index in [0.717, 1.165) is 28.4 Å². The van der Waals surface area contributed by atoms with E-state index in [0.29, 0.717) is 0 Å². The summed E-state index contributed by atoms with van der Waals surface area (Å²) in [5.41, 5.74) is 2.93. The first kappa shape index (κ1) is 15.0. The number of rotatable bonds is 3. The van der Waals surface area contributed by atoms with Gasteiger partial charge in [0.25, 0.3) is 0 Å². The van der Waals surface area contributed by atoms with Gasteiger partial charge in [0.05, 0.1) is 18.7 Å². The Morgan fingerprint density at radius 2 is 1.69 bits per heavy atom. The summed E-state index contributed by atoms with van der Waals surface area (Å²) in [6, 6.07) is 17.8. The summed E-state index contributed by atoms with van der Waals surface area (Å²) in [7, 11) is 1.65. The van der Waals surface area contributed by atoms with E-state index in [2.05, 4.69) is 16.4 Å².